The van der Waals surface area contributed by atoms with Crippen LogP contribution in [0.5, 0.6) is 0 Å². The Morgan fingerprint density at radius 1 is 1.46 bits per heavy atom. The quantitative estimate of drug-likeness (QED) is 0.922. The van der Waals surface area contributed by atoms with E-state index in [1.54, 1.807) is 23.6 Å². The number of rotatable bonds is 4. The zero-order valence-corrected chi connectivity index (χ0v) is 14.3. The number of amides is 1. The monoisotopic (exact) mass is 341 g/mol. The summed E-state index contributed by atoms with van der Waals surface area (Å²) >= 11 is 1.57. The molecule has 0 bridgehead atoms. The topological polar surface area (TPSA) is 81.9 Å². The van der Waals surface area contributed by atoms with Gasteiger partial charge in [-0.3, -0.25) is 4.79 Å². The molecule has 1 aliphatic rings. The molecule has 124 valence electrons. The fourth-order valence-corrected chi connectivity index (χ4v) is 3.51. The van der Waals surface area contributed by atoms with Crippen LogP contribution >= 0.6 is 11.3 Å². The SMILES string of the molecule is Cc1csc(CNC(=O)C2CCN(c3ccc(C#N)cn3)CC2)n1. The predicted molar refractivity (Wildman–Crippen MR) is 92.6 cm³/mol. The number of carbonyl (C=O) groups is 1. The first kappa shape index (κ1) is 16.4. The van der Waals surface area contributed by atoms with E-state index in [2.05, 4.69) is 26.3 Å². The van der Waals surface area contributed by atoms with Crippen LogP contribution in [0.3, 0.4) is 0 Å². The van der Waals surface area contributed by atoms with Crippen LogP contribution in [-0.2, 0) is 11.3 Å². The highest BCUT2D eigenvalue weighted by Crippen LogP contribution is 2.22. The number of aryl methyl sites for hydroxylation is 1. The number of pyridine rings is 1. The minimum absolute atomic E-state index is 0.0423. The lowest BCUT2D eigenvalue weighted by atomic mass is 9.96. The molecule has 0 aliphatic carbocycles. The summed E-state index contributed by atoms with van der Waals surface area (Å²) in [6.07, 6.45) is 3.21. The Balaban J connectivity index is 1.48. The van der Waals surface area contributed by atoms with E-state index in [0.717, 1.165) is 42.5 Å². The third-order valence-electron chi connectivity index (χ3n) is 4.15. The fraction of sp³-hybridized carbons (Fsp3) is 0.412. The molecule has 0 radical (unpaired) electrons. The molecule has 1 N–H and O–H groups in total. The highest BCUT2D eigenvalue weighted by atomic mass is 32.1. The molecular formula is C17H19N5OS. The molecule has 0 spiro atoms. The highest BCUT2D eigenvalue weighted by molar-refractivity contribution is 7.09. The Kier molecular flexibility index (Phi) is 5.06. The summed E-state index contributed by atoms with van der Waals surface area (Å²) in [6.45, 7) is 4.06. The van der Waals surface area contributed by atoms with Gasteiger partial charge in [0.1, 0.15) is 16.9 Å². The van der Waals surface area contributed by atoms with Gasteiger partial charge >= 0.3 is 0 Å². The minimum atomic E-state index is 0.0423. The maximum Gasteiger partial charge on any atom is 0.223 e. The Hall–Kier alpha value is -2.46. The normalized spacial score (nSPS) is 15.1. The van der Waals surface area contributed by atoms with Crippen molar-refractivity contribution in [3.63, 3.8) is 0 Å². The van der Waals surface area contributed by atoms with Gasteiger partial charge in [-0.25, -0.2) is 9.97 Å². The minimum Gasteiger partial charge on any atom is -0.357 e. The van der Waals surface area contributed by atoms with E-state index >= 15 is 0 Å². The van der Waals surface area contributed by atoms with Crippen molar-refractivity contribution in [1.82, 2.24) is 15.3 Å². The van der Waals surface area contributed by atoms with Crippen molar-refractivity contribution in [1.29, 1.82) is 5.26 Å². The molecule has 6 nitrogen and oxygen atoms in total. The molecule has 2 aromatic heterocycles. The van der Waals surface area contributed by atoms with Crippen molar-refractivity contribution < 1.29 is 4.79 Å². The molecule has 3 heterocycles. The molecule has 1 aliphatic heterocycles. The van der Waals surface area contributed by atoms with Crippen LogP contribution in [0.4, 0.5) is 5.82 Å². The van der Waals surface area contributed by atoms with E-state index in [1.807, 2.05) is 18.4 Å². The van der Waals surface area contributed by atoms with E-state index < -0.39 is 0 Å². The number of aromatic nitrogens is 2. The number of nitrogens with zero attached hydrogens (tertiary/aromatic N) is 4. The summed E-state index contributed by atoms with van der Waals surface area (Å²) in [5.41, 5.74) is 1.55. The number of piperidine rings is 1. The molecule has 0 saturated carbocycles. The first-order chi connectivity index (χ1) is 11.7. The molecule has 24 heavy (non-hydrogen) atoms. The number of hydrogen-bond acceptors (Lipinski definition) is 6. The van der Waals surface area contributed by atoms with Gasteiger partial charge in [-0.1, -0.05) is 0 Å². The van der Waals surface area contributed by atoms with Crippen molar-refractivity contribution in [2.45, 2.75) is 26.3 Å². The first-order valence-electron chi connectivity index (χ1n) is 7.95. The lowest BCUT2D eigenvalue weighted by molar-refractivity contribution is -0.125. The van der Waals surface area contributed by atoms with Crippen LogP contribution in [0.25, 0.3) is 0 Å². The second kappa shape index (κ2) is 7.41. The maximum atomic E-state index is 12.3. The lowest BCUT2D eigenvalue weighted by Gasteiger charge is -2.32. The maximum absolute atomic E-state index is 12.3. The summed E-state index contributed by atoms with van der Waals surface area (Å²) in [6, 6.07) is 5.71. The van der Waals surface area contributed by atoms with Gasteiger partial charge in [-0.05, 0) is 31.9 Å². The molecule has 0 unspecified atom stereocenters. The smallest absolute Gasteiger partial charge is 0.223 e. The summed E-state index contributed by atoms with van der Waals surface area (Å²) in [5.74, 6) is 1.02. The third kappa shape index (κ3) is 3.89. The number of hydrogen-bond donors (Lipinski definition) is 1. The Labute approximate surface area is 145 Å². The molecule has 7 heteroatoms. The van der Waals surface area contributed by atoms with Crippen LogP contribution in [0.2, 0.25) is 0 Å². The van der Waals surface area contributed by atoms with Crippen molar-refractivity contribution in [3.05, 3.63) is 40.0 Å². The van der Waals surface area contributed by atoms with Gasteiger partial charge in [0.05, 0.1) is 12.1 Å². The van der Waals surface area contributed by atoms with Crippen LogP contribution in [0.15, 0.2) is 23.7 Å². The number of nitrogens with one attached hydrogen (secondary N) is 1. The summed E-state index contributed by atoms with van der Waals surface area (Å²) in [5, 5.41) is 14.7. The number of thiazole rings is 1. The molecule has 0 aromatic carbocycles. The zero-order chi connectivity index (χ0) is 16.9. The molecule has 1 saturated heterocycles. The van der Waals surface area contributed by atoms with Crippen LogP contribution in [0.1, 0.15) is 29.1 Å². The Morgan fingerprint density at radius 3 is 2.83 bits per heavy atom. The standard InChI is InChI=1S/C17H19N5OS/c1-12-11-24-16(21-12)10-20-17(23)14-4-6-22(7-5-14)15-3-2-13(8-18)9-19-15/h2-3,9,11,14H,4-7,10H2,1H3,(H,20,23). The van der Waals surface area contributed by atoms with E-state index in [9.17, 15) is 4.79 Å². The van der Waals surface area contributed by atoms with Crippen LogP contribution < -0.4 is 10.2 Å². The van der Waals surface area contributed by atoms with Gasteiger partial charge in [-0.2, -0.15) is 5.26 Å². The van der Waals surface area contributed by atoms with Gasteiger partial charge in [-0.15, -0.1) is 11.3 Å². The van der Waals surface area contributed by atoms with Crippen molar-refractivity contribution >= 4 is 23.1 Å². The van der Waals surface area contributed by atoms with Crippen molar-refractivity contribution in [2.24, 2.45) is 5.92 Å². The Morgan fingerprint density at radius 2 is 2.25 bits per heavy atom. The molecule has 1 fully saturated rings. The van der Waals surface area contributed by atoms with Gasteiger partial charge in [0.25, 0.3) is 0 Å². The predicted octanol–water partition coefficient (Wildman–Crippen LogP) is 2.25. The third-order valence-corrected chi connectivity index (χ3v) is 5.11. The van der Waals surface area contributed by atoms with Crippen molar-refractivity contribution in [2.75, 3.05) is 18.0 Å². The van der Waals surface area contributed by atoms with E-state index in [4.69, 9.17) is 5.26 Å². The molecular weight excluding hydrogens is 322 g/mol. The van der Waals surface area contributed by atoms with Crippen LogP contribution in [-0.4, -0.2) is 29.0 Å². The lowest BCUT2D eigenvalue weighted by Crippen LogP contribution is -2.40. The summed E-state index contributed by atoms with van der Waals surface area (Å²) in [7, 11) is 0. The number of carbonyl (C=O) groups excluding carboxylic acids is 1. The average Bonchev–Trinajstić information content (AvgIpc) is 3.05. The first-order valence-corrected chi connectivity index (χ1v) is 8.83. The van der Waals surface area contributed by atoms with Gasteiger partial charge in [0.2, 0.25) is 5.91 Å². The Bertz CT molecular complexity index is 741. The van der Waals surface area contributed by atoms with Gasteiger partial charge in [0, 0.05) is 36.3 Å². The highest BCUT2D eigenvalue weighted by Gasteiger charge is 2.25. The molecule has 3 rings (SSSR count). The zero-order valence-electron chi connectivity index (χ0n) is 13.5. The van der Waals surface area contributed by atoms with E-state index in [-0.39, 0.29) is 11.8 Å². The molecule has 1 amide bonds. The van der Waals surface area contributed by atoms with Gasteiger partial charge in [0.15, 0.2) is 0 Å². The largest absolute Gasteiger partial charge is 0.357 e. The summed E-state index contributed by atoms with van der Waals surface area (Å²) in [4.78, 5) is 23.1. The molecule has 0 atom stereocenters. The second-order valence-electron chi connectivity index (χ2n) is 5.88. The summed E-state index contributed by atoms with van der Waals surface area (Å²) < 4.78 is 0. The second-order valence-corrected chi connectivity index (χ2v) is 6.82. The fourth-order valence-electron chi connectivity index (χ4n) is 2.80. The van der Waals surface area contributed by atoms with Crippen LogP contribution in [0, 0.1) is 24.2 Å². The van der Waals surface area contributed by atoms with Gasteiger partial charge < -0.3 is 10.2 Å². The average molecular weight is 341 g/mol. The molecule has 2 aromatic rings. The number of anilines is 1. The van der Waals surface area contributed by atoms with E-state index in [0.29, 0.717) is 12.1 Å². The van der Waals surface area contributed by atoms with E-state index in [1.165, 1.54) is 0 Å². The number of nitriles is 1. The van der Waals surface area contributed by atoms with Crippen molar-refractivity contribution in [3.8, 4) is 6.07 Å².